The fourth-order valence-corrected chi connectivity index (χ4v) is 5.33. The molecular weight excluding hydrogens is 408 g/mol. The zero-order valence-electron chi connectivity index (χ0n) is 15.9. The van der Waals surface area contributed by atoms with Gasteiger partial charge in [0.1, 0.15) is 19.2 Å². The number of carbonyl (C=O) groups excluding carboxylic acids is 2. The van der Waals surface area contributed by atoms with Crippen molar-refractivity contribution in [3.63, 3.8) is 0 Å². The highest BCUT2D eigenvalue weighted by molar-refractivity contribution is 7.85. The van der Waals surface area contributed by atoms with Crippen molar-refractivity contribution in [1.29, 1.82) is 0 Å². The number of amides is 2. The number of rotatable bonds is 5. The minimum atomic E-state index is -1.41. The van der Waals surface area contributed by atoms with E-state index in [1.807, 2.05) is 48.5 Å². The Labute approximate surface area is 175 Å². The summed E-state index contributed by atoms with van der Waals surface area (Å²) in [4.78, 5) is 36.6. The number of nitrogens with zero attached hydrogens (tertiary/aromatic N) is 1. The third kappa shape index (κ3) is 3.80. The lowest BCUT2D eigenvalue weighted by Crippen LogP contribution is -2.46. The van der Waals surface area contributed by atoms with E-state index in [0.717, 1.165) is 27.2 Å². The maximum absolute atomic E-state index is 12.3. The van der Waals surface area contributed by atoms with E-state index in [2.05, 4.69) is 5.32 Å². The summed E-state index contributed by atoms with van der Waals surface area (Å²) in [6, 6.07) is 14.7. The van der Waals surface area contributed by atoms with Crippen molar-refractivity contribution in [2.24, 2.45) is 0 Å². The Morgan fingerprint density at radius 1 is 1.07 bits per heavy atom. The lowest BCUT2D eigenvalue weighted by atomic mass is 9.98. The van der Waals surface area contributed by atoms with Crippen molar-refractivity contribution in [2.45, 2.75) is 12.0 Å². The van der Waals surface area contributed by atoms with Gasteiger partial charge in [0, 0.05) is 16.7 Å². The fraction of sp³-hybridized carbons (Fsp3) is 0.286. The van der Waals surface area contributed by atoms with Crippen LogP contribution < -0.4 is 5.32 Å². The predicted molar refractivity (Wildman–Crippen MR) is 109 cm³/mol. The molecule has 1 saturated heterocycles. The van der Waals surface area contributed by atoms with Gasteiger partial charge < -0.3 is 20.1 Å². The van der Waals surface area contributed by atoms with E-state index < -0.39 is 41.4 Å². The molecule has 1 heterocycles. The van der Waals surface area contributed by atoms with Crippen molar-refractivity contribution in [3.05, 3.63) is 59.7 Å². The molecule has 0 saturated carbocycles. The molecule has 30 heavy (non-hydrogen) atoms. The smallest absolute Gasteiger partial charge is 0.407 e. The Morgan fingerprint density at radius 2 is 1.67 bits per heavy atom. The Morgan fingerprint density at radius 3 is 2.27 bits per heavy atom. The maximum atomic E-state index is 12.3. The second kappa shape index (κ2) is 8.27. The molecular formula is C21H20N2O6S. The van der Waals surface area contributed by atoms with Gasteiger partial charge in [0.15, 0.2) is 0 Å². The van der Waals surface area contributed by atoms with E-state index in [0.29, 0.717) is 0 Å². The van der Waals surface area contributed by atoms with Crippen LogP contribution in [0.3, 0.4) is 0 Å². The molecule has 1 unspecified atom stereocenters. The van der Waals surface area contributed by atoms with Crippen LogP contribution in [0.4, 0.5) is 4.79 Å². The monoisotopic (exact) mass is 428 g/mol. The van der Waals surface area contributed by atoms with Crippen LogP contribution in [0.1, 0.15) is 17.0 Å². The highest BCUT2D eigenvalue weighted by Gasteiger charge is 2.38. The Balaban J connectivity index is 1.35. The van der Waals surface area contributed by atoms with Crippen LogP contribution in [0, 0.1) is 0 Å². The average molecular weight is 428 g/mol. The Bertz CT molecular complexity index is 994. The summed E-state index contributed by atoms with van der Waals surface area (Å²) >= 11 is 0. The minimum absolute atomic E-state index is 0.101. The van der Waals surface area contributed by atoms with Gasteiger partial charge in [0.2, 0.25) is 5.91 Å². The van der Waals surface area contributed by atoms with E-state index in [4.69, 9.17) is 9.84 Å². The van der Waals surface area contributed by atoms with Gasteiger partial charge in [-0.15, -0.1) is 0 Å². The van der Waals surface area contributed by atoms with Crippen molar-refractivity contribution in [1.82, 2.24) is 10.2 Å². The second-order valence-corrected chi connectivity index (χ2v) is 8.60. The highest BCUT2D eigenvalue weighted by atomic mass is 32.2. The highest BCUT2D eigenvalue weighted by Crippen LogP contribution is 2.44. The first-order valence-electron chi connectivity index (χ1n) is 9.42. The summed E-state index contributed by atoms with van der Waals surface area (Å²) < 4.78 is 17.0. The fourth-order valence-electron chi connectivity index (χ4n) is 3.91. The molecule has 1 aliphatic heterocycles. The number of fused-ring (bicyclic) bond motifs is 3. The first-order chi connectivity index (χ1) is 14.5. The lowest BCUT2D eigenvalue weighted by Gasteiger charge is -2.20. The van der Waals surface area contributed by atoms with Crippen LogP contribution in [0.15, 0.2) is 48.5 Å². The number of aliphatic carboxylic acids is 1. The third-order valence-electron chi connectivity index (χ3n) is 5.34. The van der Waals surface area contributed by atoms with Crippen LogP contribution in [0.25, 0.3) is 11.1 Å². The van der Waals surface area contributed by atoms with Gasteiger partial charge in [-0.25, -0.2) is 9.59 Å². The number of alkyl carbamates (subject to hydrolysis) is 1. The SMILES string of the molecule is O=C(NCC(=O)N1CS(=O)C[C@H]1C(=O)O)OCC1c2ccccc2-c2ccccc21. The van der Waals surface area contributed by atoms with Crippen LogP contribution in [0.2, 0.25) is 0 Å². The van der Waals surface area contributed by atoms with Gasteiger partial charge in [-0.1, -0.05) is 48.5 Å². The number of carbonyl (C=O) groups is 3. The van der Waals surface area contributed by atoms with Crippen molar-refractivity contribution in [3.8, 4) is 11.1 Å². The summed E-state index contributed by atoms with van der Waals surface area (Å²) in [7, 11) is -1.41. The maximum Gasteiger partial charge on any atom is 0.407 e. The van der Waals surface area contributed by atoms with E-state index in [-0.39, 0.29) is 24.2 Å². The molecule has 0 aromatic heterocycles. The van der Waals surface area contributed by atoms with Gasteiger partial charge in [-0.2, -0.15) is 0 Å². The molecule has 9 heteroatoms. The van der Waals surface area contributed by atoms with Gasteiger partial charge in [0.25, 0.3) is 0 Å². The van der Waals surface area contributed by atoms with E-state index >= 15 is 0 Å². The molecule has 0 radical (unpaired) electrons. The number of nitrogens with one attached hydrogen (secondary N) is 1. The summed E-state index contributed by atoms with van der Waals surface area (Å²) in [6.45, 7) is -0.308. The molecule has 4 rings (SSSR count). The molecule has 2 aromatic carbocycles. The molecule has 2 aromatic rings. The first kappa shape index (κ1) is 20.1. The van der Waals surface area contributed by atoms with Gasteiger partial charge >= 0.3 is 12.1 Å². The average Bonchev–Trinajstić information content (AvgIpc) is 3.29. The molecule has 0 spiro atoms. The molecule has 1 aliphatic carbocycles. The first-order valence-corrected chi connectivity index (χ1v) is 10.9. The standard InChI is InChI=1S/C21H20N2O6S/c24-19(23-12-30(28)11-18(23)20(25)26)9-22-21(27)29-10-17-15-7-3-1-5-13(15)14-6-2-4-8-16(14)17/h1-8,17-18H,9-12H2,(H,22,27)(H,25,26)/t18-,30?/m0/s1. The van der Waals surface area contributed by atoms with Crippen molar-refractivity contribution < 1.29 is 28.4 Å². The Hall–Kier alpha value is -3.20. The Kier molecular flexibility index (Phi) is 5.54. The second-order valence-electron chi connectivity index (χ2n) is 7.13. The topological polar surface area (TPSA) is 113 Å². The van der Waals surface area contributed by atoms with Crippen LogP contribution >= 0.6 is 0 Å². The number of hydrogen-bond acceptors (Lipinski definition) is 5. The zero-order chi connectivity index (χ0) is 21.3. The molecule has 2 amide bonds. The van der Waals surface area contributed by atoms with Gasteiger partial charge in [0.05, 0.1) is 11.6 Å². The molecule has 8 nitrogen and oxygen atoms in total. The van der Waals surface area contributed by atoms with Crippen molar-refractivity contribution >= 4 is 28.8 Å². The molecule has 0 bridgehead atoms. The number of carboxylic acid groups (broad SMARTS) is 1. The summed E-state index contributed by atoms with van der Waals surface area (Å²) in [6.07, 6.45) is -0.766. The van der Waals surface area contributed by atoms with Crippen LogP contribution in [0.5, 0.6) is 0 Å². The third-order valence-corrected chi connectivity index (χ3v) is 6.59. The largest absolute Gasteiger partial charge is 0.480 e. The summed E-state index contributed by atoms with van der Waals surface area (Å²) in [5, 5.41) is 11.5. The molecule has 1 fully saturated rings. The summed E-state index contributed by atoms with van der Waals surface area (Å²) in [5.74, 6) is -2.18. The zero-order valence-corrected chi connectivity index (χ0v) is 16.8. The lowest BCUT2D eigenvalue weighted by molar-refractivity contribution is -0.147. The van der Waals surface area contributed by atoms with E-state index in [1.165, 1.54) is 0 Å². The van der Waals surface area contributed by atoms with Crippen molar-refractivity contribution in [2.75, 3.05) is 24.8 Å². The summed E-state index contributed by atoms with van der Waals surface area (Å²) in [5.41, 5.74) is 4.37. The van der Waals surface area contributed by atoms with Gasteiger partial charge in [-0.05, 0) is 22.3 Å². The number of carboxylic acids is 1. The molecule has 2 N–H and O–H groups in total. The normalized spacial score (nSPS) is 19.8. The molecule has 2 aliphatic rings. The van der Waals surface area contributed by atoms with Crippen LogP contribution in [-0.2, 0) is 25.1 Å². The van der Waals surface area contributed by atoms with Gasteiger partial charge in [-0.3, -0.25) is 9.00 Å². The minimum Gasteiger partial charge on any atom is -0.480 e. The number of hydrogen-bond donors (Lipinski definition) is 2. The number of benzene rings is 2. The van der Waals surface area contributed by atoms with Crippen LogP contribution in [-0.4, -0.2) is 63.0 Å². The molecule has 2 atom stereocenters. The van der Waals surface area contributed by atoms with E-state index in [1.54, 1.807) is 0 Å². The predicted octanol–water partition coefficient (Wildman–Crippen LogP) is 1.53. The quantitative estimate of drug-likeness (QED) is 0.747. The van der Waals surface area contributed by atoms with E-state index in [9.17, 15) is 18.6 Å². The number of ether oxygens (including phenoxy) is 1. The molecule has 156 valence electrons.